The minimum absolute atomic E-state index is 0.0434. The number of esters is 1. The molecular formula is C48H77NO6Si3. The largest absolute Gasteiger partial charge is 0.497 e. The zero-order valence-electron chi connectivity index (χ0n) is 38.4. The summed E-state index contributed by atoms with van der Waals surface area (Å²) in [6, 6.07) is 22.3. The topological polar surface area (TPSA) is 79.0 Å². The highest BCUT2D eigenvalue weighted by Gasteiger charge is 2.48. The van der Waals surface area contributed by atoms with Gasteiger partial charge in [-0.05, 0) is 108 Å². The van der Waals surface area contributed by atoms with Crippen LogP contribution in [-0.4, -0.2) is 68.2 Å². The second kappa shape index (κ2) is 21.1. The van der Waals surface area contributed by atoms with Crippen LogP contribution in [0.25, 0.3) is 10.9 Å². The van der Waals surface area contributed by atoms with E-state index in [2.05, 4.69) is 118 Å². The molecule has 3 aromatic rings. The van der Waals surface area contributed by atoms with Gasteiger partial charge in [0.25, 0.3) is 0 Å². The minimum atomic E-state index is -2.20. The quantitative estimate of drug-likeness (QED) is 0.0616. The molecule has 1 saturated heterocycles. The Labute approximate surface area is 355 Å². The predicted octanol–water partition coefficient (Wildman–Crippen LogP) is 12.8. The number of aromatic amines is 1. The van der Waals surface area contributed by atoms with Crippen LogP contribution in [0.15, 0.2) is 48.5 Å². The van der Waals surface area contributed by atoms with E-state index in [9.17, 15) is 4.79 Å². The zero-order valence-corrected chi connectivity index (χ0v) is 41.4. The van der Waals surface area contributed by atoms with E-state index in [1.165, 1.54) is 0 Å². The lowest BCUT2D eigenvalue weighted by atomic mass is 9.82. The van der Waals surface area contributed by atoms with Crippen LogP contribution in [0.1, 0.15) is 113 Å². The number of ether oxygens (including phenoxy) is 3. The molecule has 0 amide bonds. The molecule has 10 heteroatoms. The molecule has 58 heavy (non-hydrogen) atoms. The molecule has 0 radical (unpaired) electrons. The smallest absolute Gasteiger partial charge is 0.314 e. The molecule has 7 nitrogen and oxygen atoms in total. The maximum absolute atomic E-state index is 14.0. The van der Waals surface area contributed by atoms with Crippen LogP contribution in [0.2, 0.25) is 52.9 Å². The van der Waals surface area contributed by atoms with Gasteiger partial charge in [0, 0.05) is 23.0 Å². The van der Waals surface area contributed by atoms with Crippen molar-refractivity contribution in [1.82, 2.24) is 4.98 Å². The Bertz CT molecular complexity index is 1760. The summed E-state index contributed by atoms with van der Waals surface area (Å²) >= 11 is 0. The predicted molar refractivity (Wildman–Crippen MR) is 250 cm³/mol. The van der Waals surface area contributed by atoms with Crippen LogP contribution < -0.4 is 9.47 Å². The maximum Gasteiger partial charge on any atom is 0.314 e. The van der Waals surface area contributed by atoms with E-state index in [-0.39, 0.29) is 11.9 Å². The van der Waals surface area contributed by atoms with Crippen molar-refractivity contribution in [1.29, 1.82) is 0 Å². The lowest BCUT2D eigenvalue weighted by Crippen LogP contribution is -2.53. The zero-order chi connectivity index (χ0) is 42.7. The van der Waals surface area contributed by atoms with Crippen molar-refractivity contribution in [3.63, 3.8) is 0 Å². The van der Waals surface area contributed by atoms with Gasteiger partial charge in [0.05, 0.1) is 32.8 Å². The number of aromatic nitrogens is 1. The first-order chi connectivity index (χ1) is 27.7. The van der Waals surface area contributed by atoms with Crippen LogP contribution in [-0.2, 0) is 24.8 Å². The number of nitrogens with one attached hydrogen (secondary N) is 1. The number of H-pyrrole nitrogens is 1. The number of para-hydroxylation sites is 1. The summed E-state index contributed by atoms with van der Waals surface area (Å²) < 4.78 is 32.9. The summed E-state index contributed by atoms with van der Waals surface area (Å²) in [6.45, 7) is 29.5. The highest BCUT2D eigenvalue weighted by Crippen LogP contribution is 2.44. The second-order valence-corrected chi connectivity index (χ2v) is 32.9. The minimum Gasteiger partial charge on any atom is -0.497 e. The van der Waals surface area contributed by atoms with Gasteiger partial charge < -0.3 is 28.0 Å². The van der Waals surface area contributed by atoms with Crippen molar-refractivity contribution in [2.24, 2.45) is 5.92 Å². The molecule has 1 aliphatic heterocycles. The molecule has 2 aromatic carbocycles. The van der Waals surface area contributed by atoms with Crippen molar-refractivity contribution in [2.75, 3.05) is 26.9 Å². The molecule has 3 atom stereocenters. The number of fused-ring (bicyclic) bond motifs is 1. The van der Waals surface area contributed by atoms with Crippen LogP contribution in [0.4, 0.5) is 0 Å². The third-order valence-electron chi connectivity index (χ3n) is 14.1. The Balaban J connectivity index is 1.81. The summed E-state index contributed by atoms with van der Waals surface area (Å²) in [6.07, 6.45) is 1.98. The molecule has 1 aromatic heterocycles. The second-order valence-electron chi connectivity index (χ2n) is 17.8. The number of carbonyl (C=O) groups is 1. The molecule has 2 heterocycles. The van der Waals surface area contributed by atoms with E-state index in [4.69, 9.17) is 23.1 Å². The van der Waals surface area contributed by atoms with Gasteiger partial charge in [-0.3, -0.25) is 4.79 Å². The highest BCUT2D eigenvalue weighted by atomic mass is 28.4. The van der Waals surface area contributed by atoms with Crippen molar-refractivity contribution in [2.45, 2.75) is 167 Å². The number of rotatable bonds is 22. The van der Waals surface area contributed by atoms with Crippen molar-refractivity contribution >= 4 is 41.6 Å². The molecule has 0 aliphatic carbocycles. The number of benzene rings is 2. The lowest BCUT2D eigenvalue weighted by Gasteiger charge is -2.45. The molecule has 4 rings (SSSR count). The third kappa shape index (κ3) is 10.7. The number of methoxy groups -OCH3 is 1. The number of cyclic esters (lactones) is 1. The standard InChI is InChI=1S/C48H77NO6Si3/c1-14-56(15-2,16-3)54-35-48(55-57(17-4,18-5)19-6,29-31-58(36(7)8,37(9)10)38(11)12)33-39-32-44(47(50)53-34-39)46-43(42-22-20-21-23-45(42)49-46)28-30-52-41-26-24-40(51-13)25-27-41/h20-27,36-39,44,49H,14-19,28,30,32-35H2,1-13H3/t39-,44?,48+/m1/s1. The summed E-state index contributed by atoms with van der Waals surface area (Å²) in [7, 11) is -4.69. The summed E-state index contributed by atoms with van der Waals surface area (Å²) in [5.41, 5.74) is 7.91. The average molecular weight is 848 g/mol. The molecule has 322 valence electrons. The first kappa shape index (κ1) is 47.9. The van der Waals surface area contributed by atoms with Crippen LogP contribution >= 0.6 is 0 Å². The Morgan fingerprint density at radius 3 is 1.93 bits per heavy atom. The first-order valence-electron chi connectivity index (χ1n) is 22.6. The van der Waals surface area contributed by atoms with Gasteiger partial charge in [0.1, 0.15) is 25.2 Å². The van der Waals surface area contributed by atoms with Crippen LogP contribution in [0, 0.1) is 17.4 Å². The fraction of sp³-hybridized carbons (Fsp3) is 0.646. The van der Waals surface area contributed by atoms with E-state index in [0.29, 0.717) is 55.7 Å². The SMILES string of the molecule is CC[Si](CC)(CC)OC[C@](C#C[Si](C(C)C)(C(C)C)C(C)C)(C[C@@H]1COC(=O)C(c2[nH]c3ccccc3c2CCOc2ccc(OC)cc2)C1)O[Si](CC)(CC)CC. The molecule has 1 fully saturated rings. The number of hydrogen-bond acceptors (Lipinski definition) is 6. The Kier molecular flexibility index (Phi) is 17.4. The molecule has 1 aliphatic rings. The molecular weight excluding hydrogens is 771 g/mol. The van der Waals surface area contributed by atoms with Gasteiger partial charge in [0.2, 0.25) is 0 Å². The summed E-state index contributed by atoms with van der Waals surface area (Å²) in [4.78, 5) is 17.7. The maximum atomic E-state index is 14.0. The molecule has 0 bridgehead atoms. The van der Waals surface area contributed by atoms with E-state index in [0.717, 1.165) is 69.9 Å². The van der Waals surface area contributed by atoms with Crippen molar-refractivity contribution < 1.29 is 27.9 Å². The Morgan fingerprint density at radius 1 is 0.810 bits per heavy atom. The van der Waals surface area contributed by atoms with Crippen molar-refractivity contribution in [3.8, 4) is 23.0 Å². The molecule has 0 saturated carbocycles. The number of carbonyl (C=O) groups excluding carboxylic acids is 1. The van der Waals surface area contributed by atoms with Gasteiger partial charge in [-0.15, -0.1) is 5.54 Å². The molecule has 1 unspecified atom stereocenters. The van der Waals surface area contributed by atoms with E-state index in [1.807, 2.05) is 30.3 Å². The third-order valence-corrected chi connectivity index (χ3v) is 29.7. The van der Waals surface area contributed by atoms with Gasteiger partial charge in [-0.2, -0.15) is 0 Å². The van der Waals surface area contributed by atoms with Gasteiger partial charge in [0.15, 0.2) is 16.6 Å². The monoisotopic (exact) mass is 848 g/mol. The number of hydrogen-bond donors (Lipinski definition) is 1. The fourth-order valence-electron chi connectivity index (χ4n) is 9.98. The van der Waals surface area contributed by atoms with E-state index >= 15 is 0 Å². The molecule has 1 N–H and O–H groups in total. The first-order valence-corrected chi connectivity index (χ1v) is 29.9. The lowest BCUT2D eigenvalue weighted by molar-refractivity contribution is -0.153. The summed E-state index contributed by atoms with van der Waals surface area (Å²) in [5, 5.41) is 1.12. The fourth-order valence-corrected chi connectivity index (χ4v) is 20.9. The van der Waals surface area contributed by atoms with Crippen molar-refractivity contribution in [3.05, 3.63) is 59.8 Å². The summed E-state index contributed by atoms with van der Waals surface area (Å²) in [5.74, 6) is 5.07. The van der Waals surface area contributed by atoms with Crippen LogP contribution in [0.3, 0.4) is 0 Å². The highest BCUT2D eigenvalue weighted by molar-refractivity contribution is 6.90. The normalized spacial score (nSPS) is 17.7. The van der Waals surface area contributed by atoms with E-state index < -0.39 is 36.2 Å². The van der Waals surface area contributed by atoms with Gasteiger partial charge in [-0.1, -0.05) is 107 Å². The van der Waals surface area contributed by atoms with Crippen LogP contribution in [0.5, 0.6) is 11.5 Å². The Hall–Kier alpha value is -2.82. The molecule has 0 spiro atoms. The Morgan fingerprint density at radius 2 is 1.38 bits per heavy atom. The average Bonchev–Trinajstić information content (AvgIpc) is 3.59. The van der Waals surface area contributed by atoms with E-state index in [1.54, 1.807) is 7.11 Å². The van der Waals surface area contributed by atoms with Gasteiger partial charge >= 0.3 is 5.97 Å². The van der Waals surface area contributed by atoms with Gasteiger partial charge in [-0.25, -0.2) is 0 Å².